The zero-order valence-corrected chi connectivity index (χ0v) is 14.3. The van der Waals surface area contributed by atoms with Crippen LogP contribution in [0, 0.1) is 27.2 Å². The van der Waals surface area contributed by atoms with Gasteiger partial charge in [0.15, 0.2) is 0 Å². The molecule has 0 saturated carbocycles. The van der Waals surface area contributed by atoms with Gasteiger partial charge in [0.2, 0.25) is 0 Å². The fourth-order valence-electron chi connectivity index (χ4n) is 2.24. The van der Waals surface area contributed by atoms with Gasteiger partial charge in [-0.05, 0) is 26.0 Å². The third-order valence-electron chi connectivity index (χ3n) is 3.53. The van der Waals surface area contributed by atoms with E-state index in [9.17, 15) is 29.8 Å². The minimum atomic E-state index is -0.840. The van der Waals surface area contributed by atoms with E-state index in [4.69, 9.17) is 4.74 Å². The Morgan fingerprint density at radius 1 is 1.19 bits per heavy atom. The minimum absolute atomic E-state index is 0.0147. The van der Waals surface area contributed by atoms with E-state index in [-0.39, 0.29) is 29.1 Å². The molecule has 1 amide bonds. The number of non-ortho nitro benzene ring substituents is 1. The van der Waals surface area contributed by atoms with Crippen LogP contribution in [-0.4, -0.2) is 33.3 Å². The first-order valence-electron chi connectivity index (χ1n) is 7.62. The molecule has 0 aliphatic heterocycles. The molecule has 0 fully saturated rings. The Kier molecular flexibility index (Phi) is 5.75. The van der Waals surface area contributed by atoms with Crippen molar-refractivity contribution in [2.45, 2.75) is 13.8 Å². The highest BCUT2D eigenvalue weighted by molar-refractivity contribution is 6.06. The Bertz CT molecular complexity index is 942. The lowest BCUT2D eigenvalue weighted by Crippen LogP contribution is -2.16. The molecule has 0 atom stereocenters. The molecule has 0 aliphatic carbocycles. The number of esters is 1. The van der Waals surface area contributed by atoms with Crippen LogP contribution in [0.15, 0.2) is 30.5 Å². The van der Waals surface area contributed by atoms with Crippen molar-refractivity contribution in [1.29, 1.82) is 0 Å². The Morgan fingerprint density at radius 3 is 2.48 bits per heavy atom. The van der Waals surface area contributed by atoms with E-state index in [1.165, 1.54) is 25.3 Å². The van der Waals surface area contributed by atoms with E-state index in [1.54, 1.807) is 6.92 Å². The first-order valence-corrected chi connectivity index (χ1v) is 7.62. The number of nitro benzene ring substituents is 2. The smallest absolute Gasteiger partial charge is 0.338 e. The Hall–Kier alpha value is -3.89. The van der Waals surface area contributed by atoms with Crippen molar-refractivity contribution in [3.8, 4) is 0 Å². The average molecular weight is 374 g/mol. The molecule has 0 bridgehead atoms. The summed E-state index contributed by atoms with van der Waals surface area (Å²) in [5.41, 5.74) is -1.29. The fourth-order valence-corrected chi connectivity index (χ4v) is 2.24. The number of nitrogens with one attached hydrogen (secondary N) is 1. The van der Waals surface area contributed by atoms with E-state index in [0.29, 0.717) is 0 Å². The molecular formula is C16H14N4O7. The average Bonchev–Trinajstić information content (AvgIpc) is 2.61. The topological polar surface area (TPSA) is 155 Å². The predicted octanol–water partition coefficient (Wildman–Crippen LogP) is 2.64. The van der Waals surface area contributed by atoms with Crippen LogP contribution in [-0.2, 0) is 4.74 Å². The lowest BCUT2D eigenvalue weighted by atomic mass is 10.0. The van der Waals surface area contributed by atoms with Crippen LogP contribution in [0.4, 0.5) is 17.2 Å². The number of ether oxygens (including phenoxy) is 1. The third kappa shape index (κ3) is 4.39. The number of nitrogens with zero attached hydrogens (tertiary/aromatic N) is 3. The zero-order valence-electron chi connectivity index (χ0n) is 14.3. The highest BCUT2D eigenvalue weighted by Gasteiger charge is 2.25. The van der Waals surface area contributed by atoms with Gasteiger partial charge in [-0.1, -0.05) is 0 Å². The summed E-state index contributed by atoms with van der Waals surface area (Å²) in [6.45, 7) is 3.11. The van der Waals surface area contributed by atoms with Crippen molar-refractivity contribution in [1.82, 2.24) is 4.98 Å². The summed E-state index contributed by atoms with van der Waals surface area (Å²) in [5.74, 6) is -1.47. The van der Waals surface area contributed by atoms with E-state index in [0.717, 1.165) is 12.1 Å². The lowest BCUT2D eigenvalue weighted by Gasteiger charge is -2.09. The highest BCUT2D eigenvalue weighted by Crippen LogP contribution is 2.28. The normalized spacial score (nSPS) is 10.1. The highest BCUT2D eigenvalue weighted by atomic mass is 16.6. The maximum Gasteiger partial charge on any atom is 0.338 e. The number of benzene rings is 1. The van der Waals surface area contributed by atoms with Crippen molar-refractivity contribution in [2.24, 2.45) is 0 Å². The summed E-state index contributed by atoms with van der Waals surface area (Å²) in [6.07, 6.45) is 1.27. The van der Waals surface area contributed by atoms with Gasteiger partial charge in [-0.3, -0.25) is 25.0 Å². The fraction of sp³-hybridized carbons (Fsp3) is 0.188. The van der Waals surface area contributed by atoms with Crippen molar-refractivity contribution >= 4 is 29.1 Å². The summed E-state index contributed by atoms with van der Waals surface area (Å²) in [4.78, 5) is 48.5. The van der Waals surface area contributed by atoms with E-state index in [2.05, 4.69) is 10.3 Å². The van der Waals surface area contributed by atoms with Crippen molar-refractivity contribution in [3.05, 3.63) is 67.4 Å². The van der Waals surface area contributed by atoms with Gasteiger partial charge in [0.1, 0.15) is 5.82 Å². The largest absolute Gasteiger partial charge is 0.462 e. The van der Waals surface area contributed by atoms with Gasteiger partial charge in [0, 0.05) is 17.8 Å². The van der Waals surface area contributed by atoms with E-state index in [1.807, 2.05) is 0 Å². The molecule has 0 radical (unpaired) electrons. The van der Waals surface area contributed by atoms with Crippen LogP contribution in [0.2, 0.25) is 0 Å². The molecule has 0 aliphatic rings. The second-order valence-electron chi connectivity index (χ2n) is 5.26. The zero-order chi connectivity index (χ0) is 20.1. The number of pyridine rings is 1. The van der Waals surface area contributed by atoms with Gasteiger partial charge in [-0.15, -0.1) is 0 Å². The molecule has 0 unspecified atom stereocenters. The van der Waals surface area contributed by atoms with Crippen LogP contribution < -0.4 is 5.32 Å². The predicted molar refractivity (Wildman–Crippen MR) is 92.6 cm³/mol. The van der Waals surface area contributed by atoms with Crippen LogP contribution in [0.3, 0.4) is 0 Å². The molecule has 0 spiro atoms. The quantitative estimate of drug-likeness (QED) is 0.459. The molecule has 1 aromatic heterocycles. The van der Waals surface area contributed by atoms with Crippen molar-refractivity contribution < 1.29 is 24.2 Å². The second-order valence-corrected chi connectivity index (χ2v) is 5.26. The summed E-state index contributed by atoms with van der Waals surface area (Å²) in [5, 5.41) is 24.5. The maximum absolute atomic E-state index is 12.5. The SMILES string of the molecule is CCOC(=O)c1ccnc(NC(=O)c2cc([N+](=O)[O-])cc([N+](=O)[O-])c2C)c1. The first kappa shape index (κ1) is 19.4. The molecule has 1 N–H and O–H groups in total. The first-order chi connectivity index (χ1) is 12.7. The lowest BCUT2D eigenvalue weighted by molar-refractivity contribution is -0.394. The number of amides is 1. The van der Waals surface area contributed by atoms with Gasteiger partial charge in [-0.25, -0.2) is 9.78 Å². The van der Waals surface area contributed by atoms with Crippen LogP contribution in [0.25, 0.3) is 0 Å². The molecule has 0 saturated heterocycles. The molecule has 11 heteroatoms. The van der Waals surface area contributed by atoms with E-state index >= 15 is 0 Å². The standard InChI is InChI=1S/C16H14N4O7/c1-3-27-16(22)10-4-5-17-14(6-10)18-15(21)12-7-11(19(23)24)8-13(9(12)2)20(25)26/h4-8H,3H2,1-2H3,(H,17,18,21). The number of hydrogen-bond donors (Lipinski definition) is 1. The molecule has 2 aromatic rings. The van der Waals surface area contributed by atoms with Gasteiger partial charge in [-0.2, -0.15) is 0 Å². The number of aromatic nitrogens is 1. The second kappa shape index (κ2) is 7.99. The summed E-state index contributed by atoms with van der Waals surface area (Å²) in [7, 11) is 0. The van der Waals surface area contributed by atoms with Crippen LogP contribution in [0.1, 0.15) is 33.2 Å². The molecule has 11 nitrogen and oxygen atoms in total. The maximum atomic E-state index is 12.5. The molecular weight excluding hydrogens is 360 g/mol. The third-order valence-corrected chi connectivity index (χ3v) is 3.53. The Morgan fingerprint density at radius 2 is 1.89 bits per heavy atom. The molecule has 27 heavy (non-hydrogen) atoms. The summed E-state index contributed by atoms with van der Waals surface area (Å²) in [6, 6.07) is 4.37. The summed E-state index contributed by atoms with van der Waals surface area (Å²) < 4.78 is 4.85. The van der Waals surface area contributed by atoms with Crippen LogP contribution >= 0.6 is 0 Å². The Labute approximate surface area is 152 Å². The van der Waals surface area contributed by atoms with E-state index < -0.39 is 33.1 Å². The molecule has 140 valence electrons. The van der Waals surface area contributed by atoms with Gasteiger partial charge >= 0.3 is 5.97 Å². The number of carbonyl (C=O) groups is 2. The van der Waals surface area contributed by atoms with Gasteiger partial charge in [0.05, 0.1) is 33.6 Å². The number of carbonyl (C=O) groups excluding carboxylic acids is 2. The summed E-state index contributed by atoms with van der Waals surface area (Å²) >= 11 is 0. The number of hydrogen-bond acceptors (Lipinski definition) is 8. The number of anilines is 1. The number of nitro groups is 2. The molecule has 1 aromatic carbocycles. The van der Waals surface area contributed by atoms with Crippen molar-refractivity contribution in [3.63, 3.8) is 0 Å². The monoisotopic (exact) mass is 374 g/mol. The van der Waals surface area contributed by atoms with Gasteiger partial charge < -0.3 is 10.1 Å². The minimum Gasteiger partial charge on any atom is -0.462 e. The number of rotatable bonds is 6. The van der Waals surface area contributed by atoms with Gasteiger partial charge in [0.25, 0.3) is 17.3 Å². The molecule has 2 rings (SSSR count). The molecule has 1 heterocycles. The Balaban J connectivity index is 2.38. The van der Waals surface area contributed by atoms with Crippen molar-refractivity contribution in [2.75, 3.05) is 11.9 Å². The van der Waals surface area contributed by atoms with Crippen LogP contribution in [0.5, 0.6) is 0 Å².